The number of benzene rings is 1. The van der Waals surface area contributed by atoms with E-state index in [2.05, 4.69) is 16.0 Å². The lowest BCUT2D eigenvalue weighted by molar-refractivity contribution is -0.132. The maximum atomic E-state index is 11.5. The standard InChI is InChI=1S/C12H12N2O3.C5H7NO2.3C2H6/c15-11-8-2-9-10(1-7(8)3-14-11)17-12(6-16-9)4-13-5-12;7-4-2-1-3-5(8)6-4;3*1-2/h1-2,13H,3-6H2,(H,14,15);1-3H2,(H,6,7,8);3*1-2H3. The molecular formula is C23H37N3O5. The molecule has 8 heteroatoms. The molecule has 174 valence electrons. The van der Waals surface area contributed by atoms with Crippen LogP contribution in [-0.4, -0.2) is 43.0 Å². The van der Waals surface area contributed by atoms with Crippen molar-refractivity contribution in [3.63, 3.8) is 0 Å². The summed E-state index contributed by atoms with van der Waals surface area (Å²) >= 11 is 0. The molecule has 0 atom stereocenters. The van der Waals surface area contributed by atoms with E-state index in [9.17, 15) is 14.4 Å². The number of rotatable bonds is 0. The first kappa shape index (κ1) is 26.4. The number of ether oxygens (including phenoxy) is 2. The molecule has 4 heterocycles. The van der Waals surface area contributed by atoms with Crippen LogP contribution < -0.4 is 25.4 Å². The minimum atomic E-state index is -0.197. The lowest BCUT2D eigenvalue weighted by Crippen LogP contribution is -2.67. The van der Waals surface area contributed by atoms with Crippen LogP contribution in [0, 0.1) is 0 Å². The summed E-state index contributed by atoms with van der Waals surface area (Å²) in [6.45, 7) is 14.8. The van der Waals surface area contributed by atoms with Gasteiger partial charge in [0.1, 0.15) is 6.61 Å². The van der Waals surface area contributed by atoms with Gasteiger partial charge in [0, 0.05) is 38.0 Å². The third-order valence-corrected chi connectivity index (χ3v) is 4.65. The molecule has 0 saturated carbocycles. The van der Waals surface area contributed by atoms with Crippen LogP contribution in [0.15, 0.2) is 12.1 Å². The van der Waals surface area contributed by atoms with Crippen LogP contribution in [0.4, 0.5) is 0 Å². The first-order valence-electron chi connectivity index (χ1n) is 11.4. The zero-order valence-electron chi connectivity index (χ0n) is 19.6. The van der Waals surface area contributed by atoms with Gasteiger partial charge in [0.05, 0.1) is 0 Å². The second-order valence-corrected chi connectivity index (χ2v) is 6.64. The summed E-state index contributed by atoms with van der Waals surface area (Å²) in [4.78, 5) is 32.2. The Balaban J connectivity index is 0.000000291. The SMILES string of the molecule is CC.CC.CC.O=C1CCCC(=O)N1.O=C1NCc2cc3c(cc21)OCC1(CNC1)O3. The number of carbonyl (C=O) groups excluding carboxylic acids is 3. The third-order valence-electron chi connectivity index (χ3n) is 4.65. The number of hydrogen-bond donors (Lipinski definition) is 3. The summed E-state index contributed by atoms with van der Waals surface area (Å²) in [7, 11) is 0. The quantitative estimate of drug-likeness (QED) is 0.541. The van der Waals surface area contributed by atoms with Crippen LogP contribution in [0.3, 0.4) is 0 Å². The summed E-state index contributed by atoms with van der Waals surface area (Å²) in [5.74, 6) is 1.13. The Morgan fingerprint density at radius 1 is 0.871 bits per heavy atom. The van der Waals surface area contributed by atoms with Crippen LogP contribution in [0.25, 0.3) is 0 Å². The summed E-state index contributed by atoms with van der Waals surface area (Å²) in [6.07, 6.45) is 1.72. The Morgan fingerprint density at radius 3 is 1.97 bits per heavy atom. The largest absolute Gasteiger partial charge is 0.485 e. The van der Waals surface area contributed by atoms with Crippen molar-refractivity contribution in [2.45, 2.75) is 73.0 Å². The summed E-state index contributed by atoms with van der Waals surface area (Å²) in [5.41, 5.74) is 1.49. The second kappa shape index (κ2) is 12.9. The van der Waals surface area contributed by atoms with Crippen molar-refractivity contribution in [3.8, 4) is 11.5 Å². The Labute approximate surface area is 185 Å². The topological polar surface area (TPSA) is 106 Å². The van der Waals surface area contributed by atoms with E-state index in [0.717, 1.165) is 24.4 Å². The molecule has 31 heavy (non-hydrogen) atoms. The van der Waals surface area contributed by atoms with Gasteiger partial charge >= 0.3 is 0 Å². The predicted molar refractivity (Wildman–Crippen MR) is 120 cm³/mol. The Hall–Kier alpha value is -2.61. The van der Waals surface area contributed by atoms with Gasteiger partial charge in [-0.3, -0.25) is 19.7 Å². The van der Waals surface area contributed by atoms with E-state index >= 15 is 0 Å². The average molecular weight is 436 g/mol. The predicted octanol–water partition coefficient (Wildman–Crippen LogP) is 2.93. The number of hydrogen-bond acceptors (Lipinski definition) is 6. The zero-order chi connectivity index (χ0) is 23.4. The molecule has 3 N–H and O–H groups in total. The van der Waals surface area contributed by atoms with E-state index in [4.69, 9.17) is 9.47 Å². The van der Waals surface area contributed by atoms with E-state index < -0.39 is 0 Å². The van der Waals surface area contributed by atoms with Crippen LogP contribution in [0.1, 0.15) is 76.7 Å². The first-order valence-corrected chi connectivity index (χ1v) is 11.4. The molecule has 1 aromatic carbocycles. The van der Waals surface area contributed by atoms with Crippen molar-refractivity contribution in [3.05, 3.63) is 23.3 Å². The number of imide groups is 1. The maximum Gasteiger partial charge on any atom is 0.252 e. The number of piperidine rings is 1. The molecule has 4 aliphatic rings. The molecule has 4 aliphatic heterocycles. The van der Waals surface area contributed by atoms with Crippen molar-refractivity contribution in [1.82, 2.24) is 16.0 Å². The molecule has 5 rings (SSSR count). The molecule has 3 amide bonds. The van der Waals surface area contributed by atoms with Crippen molar-refractivity contribution in [1.29, 1.82) is 0 Å². The Morgan fingerprint density at radius 2 is 1.48 bits per heavy atom. The lowest BCUT2D eigenvalue weighted by Gasteiger charge is -2.45. The number of carbonyl (C=O) groups is 3. The van der Waals surface area contributed by atoms with E-state index in [1.165, 1.54) is 0 Å². The molecule has 2 saturated heterocycles. The van der Waals surface area contributed by atoms with E-state index in [0.29, 0.717) is 43.7 Å². The van der Waals surface area contributed by atoms with Crippen molar-refractivity contribution >= 4 is 17.7 Å². The highest BCUT2D eigenvalue weighted by Crippen LogP contribution is 2.39. The number of amides is 3. The van der Waals surface area contributed by atoms with Gasteiger partial charge < -0.3 is 20.1 Å². The van der Waals surface area contributed by atoms with Gasteiger partial charge in [-0.2, -0.15) is 0 Å². The zero-order valence-corrected chi connectivity index (χ0v) is 19.6. The van der Waals surface area contributed by atoms with E-state index in [1.807, 2.05) is 47.6 Å². The van der Waals surface area contributed by atoms with E-state index in [1.54, 1.807) is 6.07 Å². The Bertz CT molecular complexity index is 746. The molecule has 8 nitrogen and oxygen atoms in total. The molecule has 2 fully saturated rings. The highest BCUT2D eigenvalue weighted by atomic mass is 16.6. The van der Waals surface area contributed by atoms with Crippen molar-refractivity contribution in [2.75, 3.05) is 19.7 Å². The normalized spacial score (nSPS) is 18.5. The lowest BCUT2D eigenvalue weighted by atomic mass is 9.96. The van der Waals surface area contributed by atoms with Crippen LogP contribution in [0.5, 0.6) is 11.5 Å². The maximum absolute atomic E-state index is 11.5. The van der Waals surface area contributed by atoms with Gasteiger partial charge in [0.25, 0.3) is 5.91 Å². The van der Waals surface area contributed by atoms with Gasteiger partial charge in [-0.1, -0.05) is 41.5 Å². The van der Waals surface area contributed by atoms with Gasteiger partial charge in [-0.25, -0.2) is 0 Å². The van der Waals surface area contributed by atoms with Crippen LogP contribution >= 0.6 is 0 Å². The summed E-state index contributed by atoms with van der Waals surface area (Å²) in [5, 5.41) is 8.19. The van der Waals surface area contributed by atoms with Gasteiger partial charge in [0.2, 0.25) is 11.8 Å². The smallest absolute Gasteiger partial charge is 0.252 e. The average Bonchev–Trinajstić information content (AvgIpc) is 3.15. The molecular weight excluding hydrogens is 398 g/mol. The summed E-state index contributed by atoms with van der Waals surface area (Å²) in [6, 6.07) is 3.70. The molecule has 0 aromatic heterocycles. The van der Waals surface area contributed by atoms with Gasteiger partial charge in [-0.15, -0.1) is 0 Å². The van der Waals surface area contributed by atoms with Gasteiger partial charge in [0.15, 0.2) is 17.1 Å². The van der Waals surface area contributed by atoms with Crippen molar-refractivity contribution in [2.24, 2.45) is 0 Å². The fourth-order valence-corrected chi connectivity index (χ4v) is 3.16. The van der Waals surface area contributed by atoms with Gasteiger partial charge in [-0.05, 0) is 24.1 Å². The molecule has 1 spiro atoms. The number of nitrogens with one attached hydrogen (secondary N) is 3. The monoisotopic (exact) mass is 435 g/mol. The molecule has 0 aliphatic carbocycles. The fraction of sp³-hybridized carbons (Fsp3) is 0.609. The summed E-state index contributed by atoms with van der Waals surface area (Å²) < 4.78 is 11.7. The van der Waals surface area contributed by atoms with Crippen LogP contribution in [-0.2, 0) is 16.1 Å². The second-order valence-electron chi connectivity index (χ2n) is 6.64. The van der Waals surface area contributed by atoms with E-state index in [-0.39, 0.29) is 23.3 Å². The number of fused-ring (bicyclic) bond motifs is 2. The molecule has 0 unspecified atom stereocenters. The minimum Gasteiger partial charge on any atom is -0.485 e. The molecule has 1 aromatic rings. The minimum absolute atomic E-state index is 0.0306. The fourth-order valence-electron chi connectivity index (χ4n) is 3.16. The highest BCUT2D eigenvalue weighted by molar-refractivity contribution is 5.99. The third kappa shape index (κ3) is 6.69. The molecule has 0 bridgehead atoms. The highest BCUT2D eigenvalue weighted by Gasteiger charge is 2.44. The molecule has 0 radical (unpaired) electrons. The Kier molecular flexibility index (Phi) is 11.0. The first-order chi connectivity index (χ1) is 15.0. The van der Waals surface area contributed by atoms with Crippen molar-refractivity contribution < 1.29 is 23.9 Å². The van der Waals surface area contributed by atoms with Crippen LogP contribution in [0.2, 0.25) is 0 Å².